The first-order valence-corrected chi connectivity index (χ1v) is 15.1. The van der Waals surface area contributed by atoms with Gasteiger partial charge in [0, 0.05) is 18.5 Å². The van der Waals surface area contributed by atoms with Crippen LogP contribution in [-0.2, 0) is 14.3 Å². The highest BCUT2D eigenvalue weighted by atomic mass is 16.6. The lowest BCUT2D eigenvalue weighted by Gasteiger charge is -2.41. The second-order valence-electron chi connectivity index (χ2n) is 11.0. The van der Waals surface area contributed by atoms with E-state index in [1.807, 2.05) is 88.4 Å². The third-order valence-electron chi connectivity index (χ3n) is 7.99. The Kier molecular flexibility index (Phi) is 11.1. The number of aliphatic hydroxyl groups excluding tert-OH is 3. The minimum absolute atomic E-state index is 0.120. The zero-order valence-corrected chi connectivity index (χ0v) is 26.0. The molecule has 0 aliphatic carbocycles. The Balaban J connectivity index is 0.00000226. The average Bonchev–Trinajstić information content (AvgIpc) is 3.16. The zero-order chi connectivity index (χ0) is 32.8. The maximum absolute atomic E-state index is 14.0. The quantitative estimate of drug-likeness (QED) is 0.332. The van der Waals surface area contributed by atoms with Crippen molar-refractivity contribution in [3.63, 3.8) is 0 Å². The van der Waals surface area contributed by atoms with E-state index in [2.05, 4.69) is 9.84 Å². The minimum atomic E-state index is -1.88. The summed E-state index contributed by atoms with van der Waals surface area (Å²) in [6.45, 7) is 7.52. The van der Waals surface area contributed by atoms with Crippen LogP contribution in [0.25, 0.3) is 0 Å². The van der Waals surface area contributed by atoms with Gasteiger partial charge < -0.3 is 34.4 Å². The fraction of sp³-hybridized carbons (Fsp3) is 0.455. The van der Waals surface area contributed by atoms with Crippen molar-refractivity contribution in [1.82, 2.24) is 14.7 Å². The van der Waals surface area contributed by atoms with Gasteiger partial charge in [0.15, 0.2) is 23.7 Å². The highest BCUT2D eigenvalue weighted by Gasteiger charge is 2.46. The Morgan fingerprint density at radius 1 is 0.933 bits per heavy atom. The number of nitrogens with zero attached hydrogens (tertiary/aromatic N) is 3. The van der Waals surface area contributed by atoms with Gasteiger partial charge in [-0.1, -0.05) is 74.5 Å². The van der Waals surface area contributed by atoms with Gasteiger partial charge in [-0.05, 0) is 25.0 Å². The Hall–Kier alpha value is -4.10. The molecule has 1 saturated heterocycles. The van der Waals surface area contributed by atoms with Gasteiger partial charge in [-0.25, -0.2) is 4.79 Å². The van der Waals surface area contributed by atoms with E-state index < -0.39 is 60.5 Å². The first-order valence-electron chi connectivity index (χ1n) is 15.1. The van der Waals surface area contributed by atoms with Crippen LogP contribution in [0.5, 0.6) is 5.75 Å². The first kappa shape index (κ1) is 33.8. The smallest absolute Gasteiger partial charge is 0.337 e. The Morgan fingerprint density at radius 3 is 2.04 bits per heavy atom. The van der Waals surface area contributed by atoms with Crippen LogP contribution in [0.15, 0.2) is 71.7 Å². The Morgan fingerprint density at radius 2 is 1.51 bits per heavy atom. The van der Waals surface area contributed by atoms with Crippen LogP contribution in [0.4, 0.5) is 0 Å². The maximum atomic E-state index is 14.0. The summed E-state index contributed by atoms with van der Waals surface area (Å²) in [5, 5.41) is 36.3. The van der Waals surface area contributed by atoms with Crippen molar-refractivity contribution >= 4 is 11.9 Å². The summed E-state index contributed by atoms with van der Waals surface area (Å²) in [6.07, 6.45) is -7.48. The molecule has 2 aliphatic rings. The van der Waals surface area contributed by atoms with Crippen LogP contribution < -0.4 is 10.2 Å². The molecular weight excluding hydrogens is 582 g/mol. The number of carbonyl (C=O) groups excluding carboxylic acids is 2. The molecule has 2 aliphatic heterocycles. The molecule has 0 bridgehead atoms. The fourth-order valence-electron chi connectivity index (χ4n) is 5.73. The summed E-state index contributed by atoms with van der Waals surface area (Å²) >= 11 is 0. The lowest BCUT2D eigenvalue weighted by atomic mass is 9.83. The molecule has 0 saturated carbocycles. The molecule has 6 atom stereocenters. The second-order valence-corrected chi connectivity index (χ2v) is 11.0. The van der Waals surface area contributed by atoms with Crippen molar-refractivity contribution < 1.29 is 39.1 Å². The summed E-state index contributed by atoms with van der Waals surface area (Å²) < 4.78 is 17.6. The zero-order valence-electron chi connectivity index (χ0n) is 26.0. The monoisotopic (exact) mass is 623 g/mol. The number of hydrogen-bond donors (Lipinski definition) is 3. The van der Waals surface area contributed by atoms with Gasteiger partial charge in [0.1, 0.15) is 18.3 Å². The molecule has 3 N–H and O–H groups in total. The van der Waals surface area contributed by atoms with Gasteiger partial charge in [0.05, 0.1) is 26.0 Å². The molecule has 12 nitrogen and oxygen atoms in total. The summed E-state index contributed by atoms with van der Waals surface area (Å²) in [5.41, 5.74) is 1.11. The van der Waals surface area contributed by atoms with E-state index in [1.54, 1.807) is 4.90 Å². The number of carbonyl (C=O) groups is 2. The maximum Gasteiger partial charge on any atom is 0.337 e. The molecule has 12 heteroatoms. The Labute approximate surface area is 261 Å². The molecule has 0 spiro atoms. The third-order valence-corrected chi connectivity index (χ3v) is 7.99. The van der Waals surface area contributed by atoms with E-state index in [9.17, 15) is 29.7 Å². The van der Waals surface area contributed by atoms with Gasteiger partial charge in [-0.15, -0.1) is 0 Å². The van der Waals surface area contributed by atoms with Gasteiger partial charge in [0.2, 0.25) is 5.43 Å². The van der Waals surface area contributed by atoms with Crippen molar-refractivity contribution in [3.8, 4) is 5.75 Å². The van der Waals surface area contributed by atoms with Gasteiger partial charge >= 0.3 is 5.97 Å². The highest BCUT2D eigenvalue weighted by Crippen LogP contribution is 2.40. The van der Waals surface area contributed by atoms with E-state index in [0.29, 0.717) is 0 Å². The number of aliphatic hydroxyl groups is 3. The van der Waals surface area contributed by atoms with Gasteiger partial charge in [-0.2, -0.15) is 5.10 Å². The lowest BCUT2D eigenvalue weighted by Crippen LogP contribution is -2.51. The molecule has 1 aromatic heterocycles. The van der Waals surface area contributed by atoms with Crippen LogP contribution in [-0.4, -0.2) is 98.7 Å². The molecule has 5 rings (SSSR count). The standard InChI is InChI=1S/C31H35N3O9.C2H6/c1-17(2)33-15-20(23(18-10-6-4-7-11-18)19-12-8-5-9-13-19)34-24(30(33)39)28(21(35)14-32-34)43-22-16-42-29(31(40)41-3)27(38)26(37)25(22)36;1-2/h4-14,17,20,22-23,25-27,29,36-38H,15-16H2,1-3H3;1-2H3/t20-,22-,25?,26?,27+,29?;/m1./s1. The average molecular weight is 624 g/mol. The van der Waals surface area contributed by atoms with Crippen molar-refractivity contribution in [2.75, 3.05) is 20.3 Å². The summed E-state index contributed by atoms with van der Waals surface area (Å²) in [7, 11) is 1.09. The lowest BCUT2D eigenvalue weighted by molar-refractivity contribution is -0.166. The molecule has 3 heterocycles. The van der Waals surface area contributed by atoms with Crippen LogP contribution in [0.3, 0.4) is 0 Å². The van der Waals surface area contributed by atoms with Crippen LogP contribution in [0, 0.1) is 0 Å². The SMILES string of the molecule is CC.COC(=O)C1OC[C@@H](Oc2c3n(ncc2=O)[C@@H](C(c2ccccc2)c2ccccc2)CN(C(C)C)C3=O)C(O)C(O)[C@@H]1O. The highest BCUT2D eigenvalue weighted by molar-refractivity contribution is 5.96. The predicted octanol–water partition coefficient (Wildman–Crippen LogP) is 1.91. The molecule has 1 fully saturated rings. The molecule has 1 amide bonds. The van der Waals surface area contributed by atoms with E-state index in [0.717, 1.165) is 24.4 Å². The normalized spacial score (nSPS) is 24.8. The number of methoxy groups -OCH3 is 1. The van der Waals surface area contributed by atoms with Crippen molar-refractivity contribution in [2.45, 2.75) is 76.2 Å². The van der Waals surface area contributed by atoms with Crippen LogP contribution >= 0.6 is 0 Å². The van der Waals surface area contributed by atoms with Crippen LogP contribution in [0.1, 0.15) is 61.3 Å². The Bertz CT molecular complexity index is 1460. The number of aromatic nitrogens is 2. The summed E-state index contributed by atoms with van der Waals surface area (Å²) in [6, 6.07) is 18.8. The number of benzene rings is 2. The predicted molar refractivity (Wildman–Crippen MR) is 164 cm³/mol. The van der Waals surface area contributed by atoms with E-state index >= 15 is 0 Å². The van der Waals surface area contributed by atoms with E-state index in [4.69, 9.17) is 9.47 Å². The summed E-state index contributed by atoms with van der Waals surface area (Å²) in [4.78, 5) is 41.0. The second kappa shape index (κ2) is 14.8. The molecule has 45 heavy (non-hydrogen) atoms. The van der Waals surface area contributed by atoms with Crippen molar-refractivity contribution in [3.05, 3.63) is 93.9 Å². The number of amides is 1. The van der Waals surface area contributed by atoms with E-state index in [-0.39, 0.29) is 29.9 Å². The molecule has 3 aromatic rings. The topological polar surface area (TPSA) is 161 Å². The summed E-state index contributed by atoms with van der Waals surface area (Å²) in [5.74, 6) is -2.12. The van der Waals surface area contributed by atoms with Crippen LogP contribution in [0.2, 0.25) is 0 Å². The minimum Gasteiger partial charge on any atom is -0.479 e. The van der Waals surface area contributed by atoms with Gasteiger partial charge in [-0.3, -0.25) is 14.3 Å². The largest absolute Gasteiger partial charge is 0.479 e. The number of rotatable bonds is 7. The molecule has 2 aromatic carbocycles. The molecule has 3 unspecified atom stereocenters. The molecule has 0 radical (unpaired) electrons. The van der Waals surface area contributed by atoms with Gasteiger partial charge in [0.25, 0.3) is 5.91 Å². The number of hydrogen-bond acceptors (Lipinski definition) is 10. The molecule has 242 valence electrons. The van der Waals surface area contributed by atoms with E-state index in [1.165, 1.54) is 4.68 Å². The number of ether oxygens (including phenoxy) is 3. The van der Waals surface area contributed by atoms with Crippen molar-refractivity contribution in [2.24, 2.45) is 0 Å². The number of esters is 1. The number of fused-ring (bicyclic) bond motifs is 1. The van der Waals surface area contributed by atoms with Crippen molar-refractivity contribution in [1.29, 1.82) is 0 Å². The first-order chi connectivity index (χ1) is 21.6. The third kappa shape index (κ3) is 6.79. The fourth-order valence-corrected chi connectivity index (χ4v) is 5.73. The molecular formula is C33H41N3O9.